The van der Waals surface area contributed by atoms with Crippen molar-refractivity contribution in [1.29, 1.82) is 0 Å². The molecule has 12 bridgehead atoms. The van der Waals surface area contributed by atoms with Crippen molar-refractivity contribution < 1.29 is 152 Å². The molecule has 0 aromatic heterocycles. The van der Waals surface area contributed by atoms with Gasteiger partial charge in [-0.25, -0.2) is 14.4 Å². The second-order valence-corrected chi connectivity index (χ2v) is 54.9. The SMILES string of the molecule is C1CC2CC1C1C3CCC(C3)C21.CCC(C)(C)C(=O)OC1(C)COC(O)(C(F)(F)F)C1(F)F.CCC(C)(C)C(=O)OC12CC3CC(C(C)(C)O)(C1)CC(C(C)(C)O)(C3)C2.CCC(C)(C)C(=O)OC12CC3CC(CC(O)(C3)C1)C2.CCC(C)(C)C(=O)OC1C(=O)OCC1(C)C.CCC(C)(C)C(=O)OC1CCOC1=O.CCC(C)(C)C(=O)OC1CCOC1=O.CCC1(OC(=O)C(C)(C)CC)CC(C)C(C)C1.CCCOC(=O)C(C)(C)CC. The van der Waals surface area contributed by atoms with Gasteiger partial charge in [0.1, 0.15) is 23.4 Å². The second kappa shape index (κ2) is 48.2. The topological polar surface area (TPSA) is 379 Å². The maximum absolute atomic E-state index is 14.0. The van der Waals surface area contributed by atoms with E-state index in [9.17, 15) is 95.1 Å². The van der Waals surface area contributed by atoms with Gasteiger partial charge in [0.25, 0.3) is 0 Å². The zero-order valence-electron chi connectivity index (χ0n) is 98.3. The molecule has 866 valence electrons. The highest BCUT2D eigenvalue weighted by Gasteiger charge is 2.83. The number of rotatable bonds is 28. The van der Waals surface area contributed by atoms with E-state index in [2.05, 4.69) is 30.2 Å². The lowest BCUT2D eigenvalue weighted by Gasteiger charge is -2.70. The molecular formula is C118H197F5O27. The fourth-order valence-electron chi connectivity index (χ4n) is 24.7. The highest BCUT2D eigenvalue weighted by Crippen LogP contribution is 2.74. The molecule has 17 aliphatic rings. The molecule has 4 aliphatic heterocycles. The van der Waals surface area contributed by atoms with Crippen molar-refractivity contribution in [2.45, 2.75) is 523 Å². The Morgan fingerprint density at radius 1 is 0.380 bits per heavy atom. The average Bonchev–Trinajstić information content (AvgIpc) is 0.741. The predicted molar refractivity (Wildman–Crippen MR) is 557 cm³/mol. The highest BCUT2D eigenvalue weighted by atomic mass is 19.4. The van der Waals surface area contributed by atoms with Gasteiger partial charge in [0, 0.05) is 35.5 Å². The van der Waals surface area contributed by atoms with E-state index in [1.54, 1.807) is 73.1 Å². The number of esters is 11. The Hall–Kier alpha value is -6.38. The third-order valence-electron chi connectivity index (χ3n) is 38.5. The van der Waals surface area contributed by atoms with Gasteiger partial charge in [0.05, 0.1) is 86.6 Å². The van der Waals surface area contributed by atoms with Crippen LogP contribution in [-0.4, -0.2) is 195 Å². The van der Waals surface area contributed by atoms with Crippen molar-refractivity contribution in [3.05, 3.63) is 0 Å². The summed E-state index contributed by atoms with van der Waals surface area (Å²) in [5, 5.41) is 42.0. The number of ether oxygens (including phenoxy) is 12. The van der Waals surface area contributed by atoms with Crippen LogP contribution in [0.2, 0.25) is 0 Å². The van der Waals surface area contributed by atoms with Gasteiger partial charge in [-0.3, -0.25) is 38.4 Å². The minimum absolute atomic E-state index is 0.0249. The average molecular weight is 2140 g/mol. The first-order valence-corrected chi connectivity index (χ1v) is 56.6. The number of carbonyl (C=O) groups excluding carboxylic acids is 11. The standard InChI is InChI=1S/C22H38O4.C16H26O3.C15H28O2.C12H17F5O4.C12H20O4.C12H18.2C10H16O4.C9H18O2/c1-8-17(2,3)16(23)26-22-11-15-9-20(13-22,18(4,5)24)12-21(10-15,14-22)19(6,7)25;1-4-14(2,3)13(17)19-16-8-11-5-12(9-16)7-15(18,6-11)10-16;1-7-14(5,6)13(16)17-15(8-2)9-11(3)12(4)10-15;1-5-8(2,3)7(18)21-9(4)6-20-11(19,10(9,13)14)12(15,16)17;1-6-11(2,3)10(14)16-8-9(13)15-7-12(8,4)5;1-2-8-5-7(1)11-9-3-4-10(6-9)12(8)11;2*1-4-10(2,3)9(12)14-7-5-6-13-8(7)11;1-5-7-11-8(10)9(3,4)6-2/h15,24-25H,8-14H2,1-7H3;11-12,18H,4-10H2,1-3H3;11-12H,7-10H2,1-6H3;19H,5-6H2,1-4H3;8H,6-7H2,1-5H3;7-12H,1-6H2;2*7H,4-6H2,1-3H3;5-7H2,1-4H3. The smallest absolute Gasteiger partial charge is 0.449 e. The number of cyclic esters (lactones) is 3. The minimum atomic E-state index is -5.74. The number of alkyl halides is 5. The molecule has 13 aliphatic carbocycles. The molecule has 17 fully saturated rings. The summed E-state index contributed by atoms with van der Waals surface area (Å²) in [5.74, 6) is -3.13. The van der Waals surface area contributed by atoms with Crippen LogP contribution in [0.1, 0.15) is 448 Å². The molecular weight excluding hydrogens is 1940 g/mol. The monoisotopic (exact) mass is 2140 g/mol. The molecule has 13 saturated carbocycles. The quantitative estimate of drug-likeness (QED) is 0.0245. The number of carbonyl (C=O) groups is 11. The zero-order chi connectivity index (χ0) is 115. The van der Waals surface area contributed by atoms with Gasteiger partial charge in [0.2, 0.25) is 23.9 Å². The zero-order valence-corrected chi connectivity index (χ0v) is 98.3. The van der Waals surface area contributed by atoms with Crippen molar-refractivity contribution in [2.24, 2.45) is 125 Å². The second-order valence-electron chi connectivity index (χ2n) is 54.9. The van der Waals surface area contributed by atoms with Crippen LogP contribution in [0, 0.1) is 125 Å². The van der Waals surface area contributed by atoms with Crippen molar-refractivity contribution in [3.63, 3.8) is 0 Å². The summed E-state index contributed by atoms with van der Waals surface area (Å²) in [4.78, 5) is 129. The van der Waals surface area contributed by atoms with Gasteiger partial charge in [-0.05, 0) is 397 Å². The number of aliphatic hydroxyl groups is 4. The molecule has 0 amide bonds. The Morgan fingerprint density at radius 2 is 0.720 bits per heavy atom. The summed E-state index contributed by atoms with van der Waals surface area (Å²) in [6.45, 7) is 65.4. The first kappa shape index (κ1) is 130. The molecule has 17 rings (SSSR count). The Kier molecular flexibility index (Phi) is 41.9. The summed E-state index contributed by atoms with van der Waals surface area (Å²) < 4.78 is 127. The first-order valence-electron chi connectivity index (χ1n) is 56.6. The first-order chi connectivity index (χ1) is 68.4. The van der Waals surface area contributed by atoms with E-state index in [1.807, 2.05) is 166 Å². The maximum atomic E-state index is 14.0. The van der Waals surface area contributed by atoms with Gasteiger partial charge < -0.3 is 77.3 Å². The predicted octanol–water partition coefficient (Wildman–Crippen LogP) is 24.0. The van der Waals surface area contributed by atoms with Crippen LogP contribution in [0.25, 0.3) is 0 Å². The third-order valence-corrected chi connectivity index (χ3v) is 38.5. The fourth-order valence-corrected chi connectivity index (χ4v) is 24.7. The van der Waals surface area contributed by atoms with Gasteiger partial charge >= 0.3 is 83.5 Å². The number of hydrogen-bond donors (Lipinski definition) is 4. The summed E-state index contributed by atoms with van der Waals surface area (Å²) in [7, 11) is 0. The van der Waals surface area contributed by atoms with Crippen molar-refractivity contribution in [3.8, 4) is 0 Å². The Bertz CT molecular complexity index is 4470. The summed E-state index contributed by atoms with van der Waals surface area (Å²) in [5.41, 5.74) is -11.7. The van der Waals surface area contributed by atoms with E-state index in [0.29, 0.717) is 114 Å². The van der Waals surface area contributed by atoms with Gasteiger partial charge in [-0.2, -0.15) is 22.0 Å². The van der Waals surface area contributed by atoms with Gasteiger partial charge in [0.15, 0.2) is 0 Å². The summed E-state index contributed by atoms with van der Waals surface area (Å²) in [6.07, 6.45) is 22.8. The molecule has 4 heterocycles. The maximum Gasteiger partial charge on any atom is 0.449 e. The molecule has 0 radical (unpaired) electrons. The molecule has 27 nitrogen and oxygen atoms in total. The van der Waals surface area contributed by atoms with E-state index in [4.69, 9.17) is 47.4 Å². The summed E-state index contributed by atoms with van der Waals surface area (Å²) >= 11 is 0. The van der Waals surface area contributed by atoms with Gasteiger partial charge in [-0.1, -0.05) is 96.9 Å². The normalized spacial score (nSPS) is 33.8. The van der Waals surface area contributed by atoms with Crippen LogP contribution in [0.15, 0.2) is 0 Å². The largest absolute Gasteiger partial charge is 0.465 e. The van der Waals surface area contributed by atoms with Crippen molar-refractivity contribution >= 4 is 65.7 Å². The van der Waals surface area contributed by atoms with Crippen LogP contribution in [-0.2, 0) is 110 Å². The molecule has 0 spiro atoms. The molecule has 15 atom stereocenters. The Balaban J connectivity index is 0.000000231. The molecule has 0 aromatic rings. The number of halogens is 5. The Morgan fingerprint density at radius 3 is 1.03 bits per heavy atom. The van der Waals surface area contributed by atoms with Crippen LogP contribution >= 0.6 is 0 Å². The van der Waals surface area contributed by atoms with Crippen LogP contribution in [0.3, 0.4) is 0 Å². The third kappa shape index (κ3) is 29.6. The van der Waals surface area contributed by atoms with E-state index >= 15 is 0 Å². The lowest BCUT2D eigenvalue weighted by molar-refractivity contribution is -0.409. The number of fused-ring (bicyclic) bond motifs is 9. The highest BCUT2D eigenvalue weighted by molar-refractivity contribution is 5.85. The minimum Gasteiger partial charge on any atom is -0.465 e. The lowest BCUT2D eigenvalue weighted by atomic mass is 9.37. The van der Waals surface area contributed by atoms with Crippen LogP contribution in [0.5, 0.6) is 0 Å². The lowest BCUT2D eigenvalue weighted by Crippen LogP contribution is -2.70. The summed E-state index contributed by atoms with van der Waals surface area (Å²) in [6, 6.07) is 0. The molecule has 15 unspecified atom stereocenters. The molecule has 32 heteroatoms. The molecule has 150 heavy (non-hydrogen) atoms. The van der Waals surface area contributed by atoms with E-state index in [0.717, 1.165) is 103 Å². The van der Waals surface area contributed by atoms with Crippen LogP contribution < -0.4 is 0 Å². The molecule has 4 N–H and O–H groups in total. The molecule has 0 aromatic carbocycles. The fraction of sp³-hybridized carbons (Fsp3) is 0.907. The van der Waals surface area contributed by atoms with Crippen LogP contribution in [0.4, 0.5) is 22.0 Å². The van der Waals surface area contributed by atoms with E-state index in [-0.39, 0.29) is 81.1 Å². The molecule has 4 saturated heterocycles. The van der Waals surface area contributed by atoms with Gasteiger partial charge in [-0.15, -0.1) is 0 Å². The van der Waals surface area contributed by atoms with E-state index < -0.39 is 133 Å². The van der Waals surface area contributed by atoms with Crippen molar-refractivity contribution in [2.75, 3.05) is 33.0 Å². The van der Waals surface area contributed by atoms with Crippen molar-refractivity contribution in [1.82, 2.24) is 0 Å². The Labute approximate surface area is 894 Å². The number of hydrogen-bond acceptors (Lipinski definition) is 27. The van der Waals surface area contributed by atoms with E-state index in [1.165, 1.54) is 55.8 Å².